The van der Waals surface area contributed by atoms with E-state index in [0.717, 1.165) is 22.3 Å². The predicted octanol–water partition coefficient (Wildman–Crippen LogP) is 3.68. The van der Waals surface area contributed by atoms with E-state index in [9.17, 15) is 9.59 Å². The van der Waals surface area contributed by atoms with Crippen molar-refractivity contribution in [3.8, 4) is 5.69 Å². The fourth-order valence-electron chi connectivity index (χ4n) is 4.22. The Balaban J connectivity index is 1.36. The van der Waals surface area contributed by atoms with Gasteiger partial charge in [0, 0.05) is 37.9 Å². The summed E-state index contributed by atoms with van der Waals surface area (Å²) in [5.41, 5.74) is 3.65. The largest absolute Gasteiger partial charge is 0.352 e. The molecule has 1 fully saturated rings. The molecule has 1 saturated heterocycles. The Labute approximate surface area is 195 Å². The summed E-state index contributed by atoms with van der Waals surface area (Å²) >= 11 is 1.42. The summed E-state index contributed by atoms with van der Waals surface area (Å²) in [6.45, 7) is 3.87. The molecule has 0 atom stereocenters. The summed E-state index contributed by atoms with van der Waals surface area (Å²) < 4.78 is 2.37. The minimum absolute atomic E-state index is 0.0486. The van der Waals surface area contributed by atoms with Gasteiger partial charge in [-0.1, -0.05) is 17.7 Å². The zero-order chi connectivity index (χ0) is 22.8. The van der Waals surface area contributed by atoms with Crippen LogP contribution in [-0.2, 0) is 11.3 Å². The number of carbonyl (C=O) groups is 1. The van der Waals surface area contributed by atoms with Gasteiger partial charge in [-0.25, -0.2) is 9.55 Å². The molecule has 7 nitrogen and oxygen atoms in total. The minimum atomic E-state index is -0.0499. The number of benzene rings is 1. The van der Waals surface area contributed by atoms with Crippen molar-refractivity contribution in [1.29, 1.82) is 0 Å². The second-order valence-corrected chi connectivity index (χ2v) is 9.27. The molecule has 0 spiro atoms. The normalized spacial score (nSPS) is 14.5. The van der Waals surface area contributed by atoms with Crippen molar-refractivity contribution in [2.45, 2.75) is 26.3 Å². The lowest BCUT2D eigenvalue weighted by Gasteiger charge is -2.33. The lowest BCUT2D eigenvalue weighted by molar-refractivity contribution is -0.125. The topological polar surface area (TPSA) is 80.1 Å². The number of nitrogens with one attached hydrogen (secondary N) is 1. The molecule has 4 heterocycles. The van der Waals surface area contributed by atoms with Crippen LogP contribution in [0.3, 0.4) is 0 Å². The molecule has 1 aliphatic rings. The Morgan fingerprint density at radius 3 is 2.55 bits per heavy atom. The van der Waals surface area contributed by atoms with Crippen LogP contribution in [0.1, 0.15) is 24.0 Å². The van der Waals surface area contributed by atoms with E-state index in [-0.39, 0.29) is 17.4 Å². The lowest BCUT2D eigenvalue weighted by atomic mass is 9.96. The van der Waals surface area contributed by atoms with Crippen molar-refractivity contribution < 1.29 is 4.79 Å². The van der Waals surface area contributed by atoms with Crippen molar-refractivity contribution in [2.24, 2.45) is 5.92 Å². The first-order valence-corrected chi connectivity index (χ1v) is 12.0. The van der Waals surface area contributed by atoms with E-state index in [1.165, 1.54) is 11.3 Å². The predicted molar refractivity (Wildman–Crippen MR) is 131 cm³/mol. The highest BCUT2D eigenvalue weighted by Gasteiger charge is 2.28. The minimum Gasteiger partial charge on any atom is -0.352 e. The van der Waals surface area contributed by atoms with Crippen LogP contribution in [0.15, 0.2) is 65.0 Å². The SMILES string of the molecule is Cc1ccc(-n2c(N3CCC(C(=O)NCc4ccncc4)CC3)nc3ccsc3c2=O)cc1. The average molecular weight is 460 g/mol. The highest BCUT2D eigenvalue weighted by atomic mass is 32.1. The molecule has 0 radical (unpaired) electrons. The van der Waals surface area contributed by atoms with Gasteiger partial charge in [0.05, 0.1) is 11.2 Å². The first kappa shape index (κ1) is 21.3. The number of amides is 1. The van der Waals surface area contributed by atoms with Crippen LogP contribution in [0.2, 0.25) is 0 Å². The summed E-state index contributed by atoms with van der Waals surface area (Å²) in [5.74, 6) is 0.668. The number of thiophene rings is 1. The number of aryl methyl sites for hydroxylation is 1. The van der Waals surface area contributed by atoms with Gasteiger partial charge in [0.15, 0.2) is 0 Å². The standard InChI is InChI=1S/C25H25N5O2S/c1-17-2-4-20(5-3-17)30-24(32)22-21(10-15-33-22)28-25(30)29-13-8-19(9-14-29)23(31)27-16-18-6-11-26-12-7-18/h2-7,10-12,15,19H,8-9,13-14,16H2,1H3,(H,27,31). The van der Waals surface area contributed by atoms with Gasteiger partial charge in [-0.3, -0.25) is 14.6 Å². The first-order valence-electron chi connectivity index (χ1n) is 11.1. The zero-order valence-electron chi connectivity index (χ0n) is 18.4. The van der Waals surface area contributed by atoms with Gasteiger partial charge < -0.3 is 10.2 Å². The number of rotatable bonds is 5. The van der Waals surface area contributed by atoms with Crippen molar-refractivity contribution >= 4 is 33.4 Å². The monoisotopic (exact) mass is 459 g/mol. The van der Waals surface area contributed by atoms with E-state index in [2.05, 4.69) is 15.2 Å². The van der Waals surface area contributed by atoms with Crippen LogP contribution in [0.25, 0.3) is 15.9 Å². The van der Waals surface area contributed by atoms with Crippen LogP contribution in [0, 0.1) is 12.8 Å². The Bertz CT molecular complexity index is 1320. The van der Waals surface area contributed by atoms with Crippen molar-refractivity contribution in [3.05, 3.63) is 81.7 Å². The number of anilines is 1. The number of piperidine rings is 1. The van der Waals surface area contributed by atoms with E-state index in [0.29, 0.717) is 43.1 Å². The van der Waals surface area contributed by atoms with Gasteiger partial charge in [0.2, 0.25) is 11.9 Å². The molecule has 0 aliphatic carbocycles. The molecule has 1 aromatic carbocycles. The maximum Gasteiger partial charge on any atom is 0.277 e. The number of carbonyl (C=O) groups excluding carboxylic acids is 1. The van der Waals surface area contributed by atoms with Gasteiger partial charge in [-0.05, 0) is 61.0 Å². The fourth-order valence-corrected chi connectivity index (χ4v) is 4.97. The Kier molecular flexibility index (Phi) is 5.92. The zero-order valence-corrected chi connectivity index (χ0v) is 19.2. The van der Waals surface area contributed by atoms with Gasteiger partial charge >= 0.3 is 0 Å². The molecular weight excluding hydrogens is 434 g/mol. The third kappa shape index (κ3) is 4.39. The molecular formula is C25H25N5O2S. The van der Waals surface area contributed by atoms with Gasteiger partial charge in [-0.2, -0.15) is 0 Å². The second-order valence-electron chi connectivity index (χ2n) is 8.36. The maximum absolute atomic E-state index is 13.4. The number of pyridine rings is 1. The van der Waals surface area contributed by atoms with Crippen LogP contribution >= 0.6 is 11.3 Å². The molecule has 33 heavy (non-hydrogen) atoms. The van der Waals surface area contributed by atoms with E-state index in [4.69, 9.17) is 4.98 Å². The van der Waals surface area contributed by atoms with Crippen LogP contribution in [-0.4, -0.2) is 33.5 Å². The van der Waals surface area contributed by atoms with Crippen molar-refractivity contribution in [3.63, 3.8) is 0 Å². The smallest absolute Gasteiger partial charge is 0.277 e. The molecule has 4 aromatic rings. The molecule has 8 heteroatoms. The van der Waals surface area contributed by atoms with E-state index >= 15 is 0 Å². The van der Waals surface area contributed by atoms with E-state index in [1.807, 2.05) is 54.8 Å². The first-order chi connectivity index (χ1) is 16.1. The van der Waals surface area contributed by atoms with Crippen molar-refractivity contribution in [2.75, 3.05) is 18.0 Å². The Morgan fingerprint density at radius 1 is 1.09 bits per heavy atom. The Hall–Kier alpha value is -3.52. The molecule has 0 unspecified atom stereocenters. The molecule has 1 N–H and O–H groups in total. The fraction of sp³-hybridized carbons (Fsp3) is 0.280. The quantitative estimate of drug-likeness (QED) is 0.492. The maximum atomic E-state index is 13.4. The number of hydrogen-bond acceptors (Lipinski definition) is 6. The molecule has 1 amide bonds. The number of aromatic nitrogens is 3. The highest BCUT2D eigenvalue weighted by Crippen LogP contribution is 2.26. The molecule has 3 aromatic heterocycles. The lowest BCUT2D eigenvalue weighted by Crippen LogP contribution is -2.42. The third-order valence-electron chi connectivity index (χ3n) is 6.12. The number of hydrogen-bond donors (Lipinski definition) is 1. The summed E-state index contributed by atoms with van der Waals surface area (Å²) in [5, 5.41) is 4.95. The van der Waals surface area contributed by atoms with Crippen LogP contribution in [0.4, 0.5) is 5.95 Å². The summed E-state index contributed by atoms with van der Waals surface area (Å²) in [7, 11) is 0. The second kappa shape index (κ2) is 9.15. The van der Waals surface area contributed by atoms with Crippen LogP contribution < -0.4 is 15.8 Å². The van der Waals surface area contributed by atoms with Gasteiger partial charge in [0.1, 0.15) is 4.70 Å². The number of fused-ring (bicyclic) bond motifs is 1. The van der Waals surface area contributed by atoms with Gasteiger partial charge in [0.25, 0.3) is 5.56 Å². The molecule has 0 bridgehead atoms. The molecule has 168 valence electrons. The summed E-state index contributed by atoms with van der Waals surface area (Å²) in [6.07, 6.45) is 4.89. The molecule has 1 aliphatic heterocycles. The number of nitrogens with zero attached hydrogens (tertiary/aromatic N) is 4. The van der Waals surface area contributed by atoms with E-state index < -0.39 is 0 Å². The highest BCUT2D eigenvalue weighted by molar-refractivity contribution is 7.17. The Morgan fingerprint density at radius 2 is 1.82 bits per heavy atom. The summed E-state index contributed by atoms with van der Waals surface area (Å²) in [4.78, 5) is 37.1. The third-order valence-corrected chi connectivity index (χ3v) is 7.01. The van der Waals surface area contributed by atoms with Crippen molar-refractivity contribution in [1.82, 2.24) is 19.9 Å². The summed E-state index contributed by atoms with van der Waals surface area (Å²) in [6, 6.07) is 13.6. The molecule has 0 saturated carbocycles. The van der Waals surface area contributed by atoms with E-state index in [1.54, 1.807) is 17.0 Å². The van der Waals surface area contributed by atoms with Crippen LogP contribution in [0.5, 0.6) is 0 Å². The van der Waals surface area contributed by atoms with Gasteiger partial charge in [-0.15, -0.1) is 11.3 Å². The molecule has 5 rings (SSSR count). The average Bonchev–Trinajstić information content (AvgIpc) is 3.33.